The van der Waals surface area contributed by atoms with Gasteiger partial charge in [0, 0.05) is 5.70 Å². The molecule has 1 aliphatic heterocycles. The standard InChI is InChI=1S/C28H31ClN4O8/c1-6-10-40-26-19(29)11-17(12-22(26)38-5)14-30-33-23(34)15-41-20-9-8-18(13-21(20)37-4)25-24(27(35)39-7-2)16(3)31-28(36)32-25/h6,8-9,11-14,25H,1,7,10,15H2,2-5H3,(H,33,34)(H2,31,32,36)/b30-14-/t25-/m0/s1. The Morgan fingerprint density at radius 3 is 2.56 bits per heavy atom. The summed E-state index contributed by atoms with van der Waals surface area (Å²) in [5, 5.41) is 9.54. The van der Waals surface area contributed by atoms with Gasteiger partial charge in [-0.1, -0.05) is 30.3 Å². The average molecular weight is 587 g/mol. The highest BCUT2D eigenvalue weighted by molar-refractivity contribution is 6.32. The first-order valence-electron chi connectivity index (χ1n) is 12.4. The average Bonchev–Trinajstić information content (AvgIpc) is 2.94. The van der Waals surface area contributed by atoms with Crippen LogP contribution in [-0.4, -0.2) is 58.2 Å². The first-order valence-corrected chi connectivity index (χ1v) is 12.8. The van der Waals surface area contributed by atoms with Gasteiger partial charge >= 0.3 is 12.0 Å². The number of benzene rings is 2. The Balaban J connectivity index is 1.67. The van der Waals surface area contributed by atoms with Crippen LogP contribution in [-0.2, 0) is 14.3 Å². The Hall–Kier alpha value is -4.71. The number of carbonyl (C=O) groups is 3. The van der Waals surface area contributed by atoms with Crippen LogP contribution >= 0.6 is 11.6 Å². The summed E-state index contributed by atoms with van der Waals surface area (Å²) in [5.74, 6) is 0.222. The highest BCUT2D eigenvalue weighted by Crippen LogP contribution is 2.36. The first kappa shape index (κ1) is 30.8. The van der Waals surface area contributed by atoms with Crippen LogP contribution in [0.3, 0.4) is 0 Å². The second kappa shape index (κ2) is 14.6. The number of carbonyl (C=O) groups excluding carboxylic acids is 3. The van der Waals surface area contributed by atoms with E-state index < -0.39 is 23.9 Å². The lowest BCUT2D eigenvalue weighted by atomic mass is 9.95. The fourth-order valence-electron chi connectivity index (χ4n) is 3.86. The largest absolute Gasteiger partial charge is 0.493 e. The number of esters is 1. The van der Waals surface area contributed by atoms with Gasteiger partial charge in [0.05, 0.1) is 43.7 Å². The molecule has 1 aliphatic rings. The van der Waals surface area contributed by atoms with E-state index in [1.165, 1.54) is 20.4 Å². The maximum atomic E-state index is 12.6. The molecule has 218 valence electrons. The second-order valence-corrected chi connectivity index (χ2v) is 8.82. The van der Waals surface area contributed by atoms with Crippen molar-refractivity contribution in [1.29, 1.82) is 0 Å². The van der Waals surface area contributed by atoms with Crippen LogP contribution in [0.5, 0.6) is 23.0 Å². The van der Waals surface area contributed by atoms with Gasteiger partial charge < -0.3 is 34.3 Å². The van der Waals surface area contributed by atoms with Gasteiger partial charge in [-0.05, 0) is 49.2 Å². The molecule has 0 saturated heterocycles. The molecule has 12 nitrogen and oxygen atoms in total. The van der Waals surface area contributed by atoms with Gasteiger partial charge in [0.2, 0.25) is 0 Å². The van der Waals surface area contributed by atoms with E-state index in [1.807, 2.05) is 0 Å². The zero-order valence-corrected chi connectivity index (χ0v) is 23.8. The summed E-state index contributed by atoms with van der Waals surface area (Å²) in [4.78, 5) is 37.0. The quantitative estimate of drug-likeness (QED) is 0.140. The zero-order chi connectivity index (χ0) is 29.9. The van der Waals surface area contributed by atoms with E-state index in [4.69, 9.17) is 35.3 Å². The molecule has 0 fully saturated rings. The lowest BCUT2D eigenvalue weighted by molar-refractivity contribution is -0.139. The number of ether oxygens (including phenoxy) is 5. The third-order valence-electron chi connectivity index (χ3n) is 5.64. The number of methoxy groups -OCH3 is 2. The van der Waals surface area contributed by atoms with Crippen molar-refractivity contribution in [3.63, 3.8) is 0 Å². The van der Waals surface area contributed by atoms with Crippen molar-refractivity contribution >= 4 is 35.7 Å². The molecule has 0 saturated carbocycles. The van der Waals surface area contributed by atoms with Gasteiger partial charge in [-0.3, -0.25) is 4.79 Å². The van der Waals surface area contributed by atoms with Crippen molar-refractivity contribution in [2.24, 2.45) is 5.10 Å². The molecular weight excluding hydrogens is 556 g/mol. The molecule has 3 N–H and O–H groups in total. The van der Waals surface area contributed by atoms with Crippen molar-refractivity contribution in [3.05, 3.63) is 70.4 Å². The number of amides is 3. The fourth-order valence-corrected chi connectivity index (χ4v) is 4.13. The highest BCUT2D eigenvalue weighted by Gasteiger charge is 2.32. The molecular formula is C28H31ClN4O8. The fraction of sp³-hybridized carbons (Fsp3) is 0.286. The summed E-state index contributed by atoms with van der Waals surface area (Å²) in [5.41, 5.74) is 4.13. The monoisotopic (exact) mass is 586 g/mol. The summed E-state index contributed by atoms with van der Waals surface area (Å²) in [6.07, 6.45) is 2.98. The van der Waals surface area contributed by atoms with E-state index in [2.05, 4.69) is 27.7 Å². The molecule has 0 bridgehead atoms. The van der Waals surface area contributed by atoms with Crippen LogP contribution in [0.2, 0.25) is 5.02 Å². The van der Waals surface area contributed by atoms with Gasteiger partial charge in [-0.25, -0.2) is 15.0 Å². The van der Waals surface area contributed by atoms with E-state index in [9.17, 15) is 14.4 Å². The zero-order valence-electron chi connectivity index (χ0n) is 23.0. The normalized spacial score (nSPS) is 14.6. The number of halogens is 1. The van der Waals surface area contributed by atoms with Gasteiger partial charge in [-0.2, -0.15) is 5.10 Å². The van der Waals surface area contributed by atoms with E-state index in [-0.39, 0.29) is 36.9 Å². The van der Waals surface area contributed by atoms with E-state index in [0.717, 1.165) is 0 Å². The Morgan fingerprint density at radius 2 is 1.88 bits per heavy atom. The minimum atomic E-state index is -0.780. The minimum Gasteiger partial charge on any atom is -0.493 e. The Kier molecular flexibility index (Phi) is 11.0. The van der Waals surface area contributed by atoms with Crippen molar-refractivity contribution in [2.75, 3.05) is 34.0 Å². The molecule has 0 aliphatic carbocycles. The molecule has 0 radical (unpaired) electrons. The molecule has 0 spiro atoms. The number of hydrazone groups is 1. The second-order valence-electron chi connectivity index (χ2n) is 8.42. The predicted molar refractivity (Wildman–Crippen MR) is 152 cm³/mol. The molecule has 1 atom stereocenters. The number of hydrogen-bond acceptors (Lipinski definition) is 9. The summed E-state index contributed by atoms with van der Waals surface area (Å²) >= 11 is 6.28. The smallest absolute Gasteiger partial charge is 0.338 e. The van der Waals surface area contributed by atoms with Crippen molar-refractivity contribution < 1.29 is 38.1 Å². The molecule has 13 heteroatoms. The maximum absolute atomic E-state index is 12.6. The molecule has 0 unspecified atom stereocenters. The molecule has 2 aromatic rings. The summed E-state index contributed by atoms with van der Waals surface area (Å²) in [6, 6.07) is 6.84. The third-order valence-corrected chi connectivity index (χ3v) is 5.93. The first-order chi connectivity index (χ1) is 19.7. The van der Waals surface area contributed by atoms with Crippen LogP contribution in [0.1, 0.15) is 31.0 Å². The van der Waals surface area contributed by atoms with Crippen molar-refractivity contribution in [2.45, 2.75) is 19.9 Å². The Morgan fingerprint density at radius 1 is 1.12 bits per heavy atom. The third kappa shape index (κ3) is 7.92. The number of nitrogens with one attached hydrogen (secondary N) is 3. The van der Waals surface area contributed by atoms with E-state index in [1.54, 1.807) is 50.3 Å². The number of hydrogen-bond donors (Lipinski definition) is 3. The molecule has 1 heterocycles. The Bertz CT molecular complexity index is 1380. The lowest BCUT2D eigenvalue weighted by Crippen LogP contribution is -2.45. The topological polar surface area (TPSA) is 146 Å². The molecule has 41 heavy (non-hydrogen) atoms. The molecule has 0 aromatic heterocycles. The summed E-state index contributed by atoms with van der Waals surface area (Å²) in [7, 11) is 2.91. The maximum Gasteiger partial charge on any atom is 0.338 e. The van der Waals surface area contributed by atoms with Gasteiger partial charge in [0.1, 0.15) is 6.61 Å². The van der Waals surface area contributed by atoms with Crippen LogP contribution < -0.4 is 35.0 Å². The van der Waals surface area contributed by atoms with E-state index in [0.29, 0.717) is 33.3 Å². The van der Waals surface area contributed by atoms with Crippen molar-refractivity contribution in [1.82, 2.24) is 16.1 Å². The van der Waals surface area contributed by atoms with Gasteiger partial charge in [0.25, 0.3) is 5.91 Å². The van der Waals surface area contributed by atoms with Gasteiger partial charge in [0.15, 0.2) is 29.6 Å². The molecule has 3 rings (SSSR count). The van der Waals surface area contributed by atoms with E-state index >= 15 is 0 Å². The van der Waals surface area contributed by atoms with Crippen LogP contribution in [0, 0.1) is 0 Å². The number of rotatable bonds is 13. The van der Waals surface area contributed by atoms with Crippen molar-refractivity contribution in [3.8, 4) is 23.0 Å². The van der Waals surface area contributed by atoms with Crippen LogP contribution in [0.25, 0.3) is 0 Å². The molecule has 3 amide bonds. The minimum absolute atomic E-state index is 0.178. The predicted octanol–water partition coefficient (Wildman–Crippen LogP) is 3.64. The summed E-state index contributed by atoms with van der Waals surface area (Å²) < 4.78 is 27.0. The number of allylic oxidation sites excluding steroid dienone is 1. The number of urea groups is 1. The van der Waals surface area contributed by atoms with Gasteiger partial charge in [-0.15, -0.1) is 0 Å². The number of nitrogens with zero attached hydrogens (tertiary/aromatic N) is 1. The Labute approximate surface area is 242 Å². The molecule has 2 aromatic carbocycles. The SMILES string of the molecule is C=CCOc1c(Cl)cc(/C=N\NC(=O)COc2ccc([C@@H]3NC(=O)NC(C)=C3C(=O)OCC)cc2OC)cc1OC. The van der Waals surface area contributed by atoms with Crippen LogP contribution in [0.4, 0.5) is 4.79 Å². The highest BCUT2D eigenvalue weighted by atomic mass is 35.5. The lowest BCUT2D eigenvalue weighted by Gasteiger charge is -2.28. The summed E-state index contributed by atoms with van der Waals surface area (Å²) in [6.45, 7) is 6.98. The van der Waals surface area contributed by atoms with Crippen LogP contribution in [0.15, 0.2) is 59.4 Å².